The zero-order valence-electron chi connectivity index (χ0n) is 4.73. The second kappa shape index (κ2) is 3.40. The Hall–Kier alpha value is -0.790. The van der Waals surface area contributed by atoms with Crippen LogP contribution in [-0.4, -0.2) is 13.8 Å². The van der Waals surface area contributed by atoms with Gasteiger partial charge in [0.25, 0.3) is 0 Å². The van der Waals surface area contributed by atoms with Crippen molar-refractivity contribution in [1.82, 2.24) is 5.32 Å². The highest BCUT2D eigenvalue weighted by Gasteiger charge is 1.72. The van der Waals surface area contributed by atoms with Gasteiger partial charge >= 0.3 is 0 Å². The molecule has 0 amide bonds. The van der Waals surface area contributed by atoms with Crippen molar-refractivity contribution in [3.8, 4) is 0 Å². The minimum atomic E-state index is 1.02. The molecule has 0 unspecified atom stereocenters. The van der Waals surface area contributed by atoms with Gasteiger partial charge in [-0.1, -0.05) is 0 Å². The SMILES string of the molecule is C=N/C=C(/C)NC. The Kier molecular flexibility index (Phi) is 3.02. The number of aliphatic imine (C=N–C) groups is 1. The second-order valence-electron chi connectivity index (χ2n) is 1.24. The van der Waals surface area contributed by atoms with Gasteiger partial charge in [-0.2, -0.15) is 0 Å². The predicted molar refractivity (Wildman–Crippen MR) is 32.4 cm³/mol. The minimum Gasteiger partial charge on any atom is -0.390 e. The van der Waals surface area contributed by atoms with Gasteiger partial charge in [-0.25, -0.2) is 0 Å². The fourth-order valence-corrected chi connectivity index (χ4v) is 0.201. The Balaban J connectivity index is 3.49. The third kappa shape index (κ3) is 3.03. The van der Waals surface area contributed by atoms with Crippen LogP contribution in [0.4, 0.5) is 0 Å². The van der Waals surface area contributed by atoms with E-state index in [-0.39, 0.29) is 0 Å². The number of hydrogen-bond acceptors (Lipinski definition) is 2. The van der Waals surface area contributed by atoms with E-state index in [9.17, 15) is 0 Å². The highest BCUT2D eigenvalue weighted by atomic mass is 14.8. The van der Waals surface area contributed by atoms with E-state index in [1.165, 1.54) is 0 Å². The van der Waals surface area contributed by atoms with Gasteiger partial charge in [-0.3, -0.25) is 4.99 Å². The van der Waals surface area contributed by atoms with Crippen molar-refractivity contribution in [2.45, 2.75) is 6.92 Å². The maximum Gasteiger partial charge on any atom is 0.0447 e. The monoisotopic (exact) mass is 98.1 g/mol. The van der Waals surface area contributed by atoms with Gasteiger partial charge < -0.3 is 5.32 Å². The summed E-state index contributed by atoms with van der Waals surface area (Å²) in [5, 5.41) is 2.89. The van der Waals surface area contributed by atoms with E-state index in [1.807, 2.05) is 14.0 Å². The molecule has 0 bridgehead atoms. The molecule has 0 fully saturated rings. The normalized spacial score (nSPS) is 10.9. The van der Waals surface area contributed by atoms with Gasteiger partial charge in [0.1, 0.15) is 0 Å². The zero-order chi connectivity index (χ0) is 5.70. The quantitative estimate of drug-likeness (QED) is 0.507. The summed E-state index contributed by atoms with van der Waals surface area (Å²) < 4.78 is 0. The lowest BCUT2D eigenvalue weighted by Gasteiger charge is -1.91. The molecule has 0 radical (unpaired) electrons. The van der Waals surface area contributed by atoms with E-state index in [1.54, 1.807) is 6.20 Å². The lowest BCUT2D eigenvalue weighted by Crippen LogP contribution is -1.99. The molecule has 0 heterocycles. The third-order valence-electron chi connectivity index (χ3n) is 0.679. The first kappa shape index (κ1) is 6.21. The largest absolute Gasteiger partial charge is 0.390 e. The van der Waals surface area contributed by atoms with Crippen molar-refractivity contribution in [2.75, 3.05) is 7.05 Å². The molecule has 0 aliphatic rings. The Morgan fingerprint density at radius 1 is 1.86 bits per heavy atom. The van der Waals surface area contributed by atoms with Gasteiger partial charge in [0.2, 0.25) is 0 Å². The number of nitrogens with zero attached hydrogens (tertiary/aromatic N) is 1. The average Bonchev–Trinajstić information content (AvgIpc) is 1.68. The molecule has 0 saturated carbocycles. The van der Waals surface area contributed by atoms with Crippen molar-refractivity contribution < 1.29 is 0 Å². The molecule has 1 N–H and O–H groups in total. The molecule has 0 atom stereocenters. The first-order valence-electron chi connectivity index (χ1n) is 2.11. The molecule has 0 aliphatic heterocycles. The fraction of sp³-hybridized carbons (Fsp3) is 0.400. The van der Waals surface area contributed by atoms with Gasteiger partial charge in [0, 0.05) is 18.9 Å². The van der Waals surface area contributed by atoms with Crippen LogP contribution in [0.3, 0.4) is 0 Å². The molecular formula is C5H10N2. The number of nitrogens with one attached hydrogen (secondary N) is 1. The molecule has 2 nitrogen and oxygen atoms in total. The fourth-order valence-electron chi connectivity index (χ4n) is 0.201. The third-order valence-corrected chi connectivity index (χ3v) is 0.679. The molecule has 40 valence electrons. The van der Waals surface area contributed by atoms with Crippen LogP contribution in [0.5, 0.6) is 0 Å². The van der Waals surface area contributed by atoms with E-state index in [0.717, 1.165) is 5.70 Å². The summed E-state index contributed by atoms with van der Waals surface area (Å²) >= 11 is 0. The Labute approximate surface area is 44.0 Å². The first-order chi connectivity index (χ1) is 3.31. The molecule has 2 heteroatoms. The minimum absolute atomic E-state index is 1.02. The summed E-state index contributed by atoms with van der Waals surface area (Å²) in [7, 11) is 1.84. The topological polar surface area (TPSA) is 24.4 Å². The summed E-state index contributed by atoms with van der Waals surface area (Å²) in [6.07, 6.45) is 1.67. The van der Waals surface area contributed by atoms with Crippen LogP contribution in [0.15, 0.2) is 16.9 Å². The molecule has 0 saturated heterocycles. The Bertz CT molecular complexity index is 84.1. The highest BCUT2D eigenvalue weighted by molar-refractivity contribution is 5.26. The van der Waals surface area contributed by atoms with Crippen molar-refractivity contribution in [3.05, 3.63) is 11.9 Å². The average molecular weight is 98.1 g/mol. The van der Waals surface area contributed by atoms with Gasteiger partial charge in [0.15, 0.2) is 0 Å². The predicted octanol–water partition coefficient (Wildman–Crippen LogP) is 0.768. The molecular weight excluding hydrogens is 88.1 g/mol. The smallest absolute Gasteiger partial charge is 0.0447 e. The number of allylic oxidation sites excluding steroid dienone is 1. The van der Waals surface area contributed by atoms with Crippen LogP contribution in [0, 0.1) is 0 Å². The summed E-state index contributed by atoms with van der Waals surface area (Å²) in [5.41, 5.74) is 1.02. The van der Waals surface area contributed by atoms with E-state index in [0.29, 0.717) is 0 Å². The zero-order valence-corrected chi connectivity index (χ0v) is 4.73. The molecule has 7 heavy (non-hydrogen) atoms. The number of hydrogen-bond donors (Lipinski definition) is 1. The highest BCUT2D eigenvalue weighted by Crippen LogP contribution is 1.80. The van der Waals surface area contributed by atoms with Crippen molar-refractivity contribution in [1.29, 1.82) is 0 Å². The lowest BCUT2D eigenvalue weighted by atomic mass is 10.5. The lowest BCUT2D eigenvalue weighted by molar-refractivity contribution is 0.982. The summed E-state index contributed by atoms with van der Waals surface area (Å²) in [4.78, 5) is 3.53. The van der Waals surface area contributed by atoms with Gasteiger partial charge in [0.05, 0.1) is 0 Å². The summed E-state index contributed by atoms with van der Waals surface area (Å²) in [5.74, 6) is 0. The summed E-state index contributed by atoms with van der Waals surface area (Å²) in [6, 6.07) is 0. The van der Waals surface area contributed by atoms with E-state index >= 15 is 0 Å². The van der Waals surface area contributed by atoms with E-state index in [4.69, 9.17) is 0 Å². The molecule has 0 aromatic heterocycles. The first-order valence-corrected chi connectivity index (χ1v) is 2.11. The number of rotatable bonds is 2. The Morgan fingerprint density at radius 2 is 2.43 bits per heavy atom. The van der Waals surface area contributed by atoms with Crippen LogP contribution in [0.25, 0.3) is 0 Å². The standard InChI is InChI=1S/C5H10N2/c1-5(7-3)4-6-2/h4,7H,2H2,1,3H3/b5-4-. The Morgan fingerprint density at radius 3 is 2.57 bits per heavy atom. The van der Waals surface area contributed by atoms with Crippen LogP contribution < -0.4 is 5.32 Å². The van der Waals surface area contributed by atoms with Crippen LogP contribution in [-0.2, 0) is 0 Å². The van der Waals surface area contributed by atoms with E-state index in [2.05, 4.69) is 17.0 Å². The van der Waals surface area contributed by atoms with Crippen LogP contribution in [0.2, 0.25) is 0 Å². The maximum atomic E-state index is 3.53. The van der Waals surface area contributed by atoms with Crippen molar-refractivity contribution in [2.24, 2.45) is 4.99 Å². The van der Waals surface area contributed by atoms with E-state index < -0.39 is 0 Å². The van der Waals surface area contributed by atoms with Crippen molar-refractivity contribution in [3.63, 3.8) is 0 Å². The second-order valence-corrected chi connectivity index (χ2v) is 1.24. The van der Waals surface area contributed by atoms with Gasteiger partial charge in [-0.15, -0.1) is 0 Å². The van der Waals surface area contributed by atoms with Crippen LogP contribution >= 0.6 is 0 Å². The maximum absolute atomic E-state index is 3.53. The van der Waals surface area contributed by atoms with Crippen LogP contribution in [0.1, 0.15) is 6.92 Å². The molecule has 0 rings (SSSR count). The van der Waals surface area contributed by atoms with Gasteiger partial charge in [-0.05, 0) is 13.6 Å². The molecule has 0 spiro atoms. The molecule has 0 aliphatic carbocycles. The molecule has 0 aromatic rings. The van der Waals surface area contributed by atoms with Crippen molar-refractivity contribution >= 4 is 6.72 Å². The molecule has 0 aromatic carbocycles. The summed E-state index contributed by atoms with van der Waals surface area (Å²) in [6.45, 7) is 5.21.